The minimum absolute atomic E-state index is 0.00951. The Kier molecular flexibility index (Phi) is 6.77. The van der Waals surface area contributed by atoms with Gasteiger partial charge in [-0.1, -0.05) is 0 Å². The molecule has 14 nitrogen and oxygen atoms in total. The van der Waals surface area contributed by atoms with Gasteiger partial charge in [-0.05, 0) is 31.2 Å². The summed E-state index contributed by atoms with van der Waals surface area (Å²) in [5.74, 6) is -0.321. The molecule has 1 fully saturated rings. The molecular formula is C22H21N7O7S2. The second-order valence-electron chi connectivity index (χ2n) is 8.36. The number of aromatic nitrogens is 4. The van der Waals surface area contributed by atoms with Crippen LogP contribution >= 0.6 is 23.5 Å². The maximum atomic E-state index is 12.4. The summed E-state index contributed by atoms with van der Waals surface area (Å²) in [5, 5.41) is 35.6. The molecule has 1 saturated heterocycles. The summed E-state index contributed by atoms with van der Waals surface area (Å²) in [6.45, 7) is 1.76. The molecule has 0 aliphatic carbocycles. The number of carbonyl (C=O) groups excluding carboxylic acids is 2. The number of phenolic OH excluding ortho intramolecular Hbond substituents is 2. The lowest BCUT2D eigenvalue weighted by Gasteiger charge is -2.47. The van der Waals surface area contributed by atoms with Gasteiger partial charge in [0.25, 0.3) is 11.7 Å². The number of rotatable bonds is 7. The van der Waals surface area contributed by atoms with Crippen LogP contribution in [0.1, 0.15) is 21.9 Å². The average Bonchev–Trinajstić information content (AvgIpc) is 3.29. The summed E-state index contributed by atoms with van der Waals surface area (Å²) < 4.78 is 6.47. The molecule has 0 radical (unpaired) electrons. The van der Waals surface area contributed by atoms with Gasteiger partial charge in [0.15, 0.2) is 17.3 Å². The van der Waals surface area contributed by atoms with Crippen molar-refractivity contribution in [3.63, 3.8) is 0 Å². The normalized spacial score (nSPS) is 18.8. The van der Waals surface area contributed by atoms with Crippen LogP contribution < -0.4 is 11.1 Å². The number of hydrogen-bond acceptors (Lipinski definition) is 12. The van der Waals surface area contributed by atoms with Crippen LogP contribution in [0.3, 0.4) is 0 Å². The van der Waals surface area contributed by atoms with Gasteiger partial charge in [-0.2, -0.15) is 9.50 Å². The quantitative estimate of drug-likeness (QED) is 0.0902. The summed E-state index contributed by atoms with van der Waals surface area (Å²) in [7, 11) is 0. The van der Waals surface area contributed by atoms with Crippen LogP contribution in [-0.2, 0) is 16.1 Å². The number of amides is 2. The summed E-state index contributed by atoms with van der Waals surface area (Å²) >= 11 is 2.77. The molecule has 1 aromatic carbocycles. The number of hydrogen-bond donors (Lipinski definition) is 5. The first-order chi connectivity index (χ1) is 18.1. The van der Waals surface area contributed by atoms with E-state index in [1.54, 1.807) is 13.0 Å². The Bertz CT molecular complexity index is 1510. The van der Waals surface area contributed by atoms with Gasteiger partial charge < -0.3 is 31.1 Å². The fraction of sp³-hybridized carbons (Fsp3) is 0.273. The van der Waals surface area contributed by atoms with Gasteiger partial charge in [-0.25, -0.2) is 9.78 Å². The van der Waals surface area contributed by atoms with Gasteiger partial charge in [0, 0.05) is 28.3 Å². The minimum Gasteiger partial charge on any atom is -0.504 e. The molecule has 0 spiro atoms. The van der Waals surface area contributed by atoms with Crippen molar-refractivity contribution in [3.8, 4) is 11.5 Å². The topological polar surface area (TPSA) is 205 Å². The number of β-lactam (4-membered cyclic amide) rings is 1. The van der Waals surface area contributed by atoms with E-state index >= 15 is 0 Å². The van der Waals surface area contributed by atoms with Crippen LogP contribution in [0.4, 0.5) is 4.79 Å². The third-order valence-corrected chi connectivity index (χ3v) is 8.15. The Hall–Kier alpha value is -4.02. The molecule has 2 aliphatic rings. The number of carboxylic acid groups (broad SMARTS) is 1. The number of carbonyl (C=O) groups is 3. The number of benzene rings is 1. The largest absolute Gasteiger partial charge is 0.512 e. The lowest BCUT2D eigenvalue weighted by molar-refractivity contribution is -0.144. The van der Waals surface area contributed by atoms with Crippen molar-refractivity contribution in [1.82, 2.24) is 29.8 Å². The number of thioether (sulfide) groups is 2. The molecule has 2 atom stereocenters. The average molecular weight is 560 g/mol. The first-order valence-electron chi connectivity index (χ1n) is 11.1. The lowest BCUT2D eigenvalue weighted by atomic mass is 10.1. The highest BCUT2D eigenvalue weighted by Gasteiger charge is 2.51. The van der Waals surface area contributed by atoms with Crippen molar-refractivity contribution in [1.29, 1.82) is 0 Å². The Morgan fingerprint density at radius 2 is 2.05 bits per heavy atom. The molecule has 198 valence electrons. The molecule has 2 amide bonds. The van der Waals surface area contributed by atoms with Crippen LogP contribution in [0.15, 0.2) is 40.7 Å². The Morgan fingerprint density at radius 1 is 1.26 bits per heavy atom. The monoisotopic (exact) mass is 559 g/mol. The van der Waals surface area contributed by atoms with Crippen molar-refractivity contribution in [2.75, 3.05) is 11.5 Å². The van der Waals surface area contributed by atoms with E-state index in [0.717, 1.165) is 6.07 Å². The third-order valence-electron chi connectivity index (χ3n) is 5.71. The number of phenols is 2. The lowest BCUT2D eigenvalue weighted by Crippen LogP contribution is -2.68. The molecule has 5 rings (SSSR count). The summed E-state index contributed by atoms with van der Waals surface area (Å²) in [6, 6.07) is 4.81. The number of nitrogens with zero attached hydrogens (tertiary/aromatic N) is 5. The smallest absolute Gasteiger partial charge is 0.504 e. The summed E-state index contributed by atoms with van der Waals surface area (Å²) in [4.78, 5) is 46.0. The first-order valence-corrected chi connectivity index (χ1v) is 13.1. The number of ether oxygens (including phenoxy) is 1. The van der Waals surface area contributed by atoms with Crippen molar-refractivity contribution in [3.05, 3.63) is 52.8 Å². The number of nitrogens with two attached hydrogens (primary N) is 1. The van der Waals surface area contributed by atoms with E-state index in [1.807, 2.05) is 0 Å². The summed E-state index contributed by atoms with van der Waals surface area (Å²) in [6.07, 6.45) is -1.52. The third kappa shape index (κ3) is 4.80. The molecular weight excluding hydrogens is 538 g/mol. The van der Waals surface area contributed by atoms with E-state index in [1.165, 1.54) is 45.1 Å². The van der Waals surface area contributed by atoms with Crippen molar-refractivity contribution in [2.45, 2.75) is 29.9 Å². The molecule has 3 aromatic rings. The number of aromatic hydroxyl groups is 2. The Balaban J connectivity index is 1.34. The maximum Gasteiger partial charge on any atom is 0.512 e. The zero-order valence-corrected chi connectivity index (χ0v) is 21.3. The van der Waals surface area contributed by atoms with Crippen LogP contribution in [0.5, 0.6) is 11.5 Å². The van der Waals surface area contributed by atoms with Gasteiger partial charge in [0.1, 0.15) is 16.4 Å². The van der Waals surface area contributed by atoms with E-state index in [2.05, 4.69) is 20.4 Å². The molecule has 4 heterocycles. The fourth-order valence-corrected chi connectivity index (χ4v) is 6.31. The SMILES string of the molecule is Cc1cc(SCC2=C(OC(=O)O)N3C(=O)[C@@H](N)[C@H]3SC2)n2nc(CNC(=O)c3ccc(O)c(O)c3)nc2n1. The van der Waals surface area contributed by atoms with Crippen LogP contribution in [-0.4, -0.2) is 80.7 Å². The molecule has 0 unspecified atom stereocenters. The zero-order chi connectivity index (χ0) is 27.1. The van der Waals surface area contributed by atoms with Gasteiger partial charge in [0.2, 0.25) is 11.8 Å². The first kappa shape index (κ1) is 25.6. The number of aryl methyl sites for hydroxylation is 1. The predicted molar refractivity (Wildman–Crippen MR) is 134 cm³/mol. The molecule has 38 heavy (non-hydrogen) atoms. The zero-order valence-electron chi connectivity index (χ0n) is 19.7. The van der Waals surface area contributed by atoms with Gasteiger partial charge in [-0.3, -0.25) is 14.5 Å². The second kappa shape index (κ2) is 10.0. The van der Waals surface area contributed by atoms with Crippen molar-refractivity contribution in [2.24, 2.45) is 5.73 Å². The van der Waals surface area contributed by atoms with E-state index in [9.17, 15) is 29.7 Å². The molecule has 6 N–H and O–H groups in total. The van der Waals surface area contributed by atoms with Crippen molar-refractivity contribution < 1.29 is 34.4 Å². The molecule has 2 aliphatic heterocycles. The van der Waals surface area contributed by atoms with Crippen molar-refractivity contribution >= 4 is 47.3 Å². The fourth-order valence-electron chi connectivity index (χ4n) is 3.87. The van der Waals surface area contributed by atoms with E-state index in [-0.39, 0.29) is 34.9 Å². The second-order valence-corrected chi connectivity index (χ2v) is 10.5. The molecule has 2 aromatic heterocycles. The van der Waals surface area contributed by atoms with Gasteiger partial charge in [-0.15, -0.1) is 28.6 Å². The van der Waals surface area contributed by atoms with E-state index in [0.29, 0.717) is 33.6 Å². The van der Waals surface area contributed by atoms with Crippen LogP contribution in [0.25, 0.3) is 5.78 Å². The Labute approximate surface area is 222 Å². The molecule has 16 heteroatoms. The minimum atomic E-state index is -1.52. The van der Waals surface area contributed by atoms with Crippen LogP contribution in [0, 0.1) is 6.92 Å². The highest BCUT2D eigenvalue weighted by molar-refractivity contribution is 8.01. The van der Waals surface area contributed by atoms with E-state index in [4.69, 9.17) is 10.5 Å². The molecule has 0 bridgehead atoms. The van der Waals surface area contributed by atoms with Gasteiger partial charge in [0.05, 0.1) is 6.54 Å². The highest BCUT2D eigenvalue weighted by atomic mass is 32.2. The highest BCUT2D eigenvalue weighted by Crippen LogP contribution is 2.41. The van der Waals surface area contributed by atoms with Crippen LogP contribution in [0.2, 0.25) is 0 Å². The number of fused-ring (bicyclic) bond motifs is 2. The Morgan fingerprint density at radius 3 is 2.79 bits per heavy atom. The summed E-state index contributed by atoms with van der Waals surface area (Å²) in [5.41, 5.74) is 7.27. The van der Waals surface area contributed by atoms with E-state index < -0.39 is 29.8 Å². The molecule has 0 saturated carbocycles. The number of nitrogens with one attached hydrogen (secondary N) is 1. The standard InChI is InChI=1S/C22H21N7O7S2/c1-9-4-15(37-7-11-8-38-20-16(23)18(33)28(20)19(11)36-22(34)35)29-21(25-9)26-14(27-29)6-24-17(32)10-2-3-12(30)13(31)5-10/h2-5,16,20,30-31H,6-8,23H2,1H3,(H,24,32)(H,34,35)/t16-,20-/m1/s1. The maximum absolute atomic E-state index is 12.4. The predicted octanol–water partition coefficient (Wildman–Crippen LogP) is 1.01. The van der Waals surface area contributed by atoms with Gasteiger partial charge >= 0.3 is 6.16 Å².